The maximum Gasteiger partial charge on any atom is 0.341 e. The number of hydrogen-bond acceptors (Lipinski definition) is 5. The molecular weight excluding hydrogens is 248 g/mol. The summed E-state index contributed by atoms with van der Waals surface area (Å²) < 4.78 is 15.3. The first-order valence-electron chi connectivity index (χ1n) is 6.94. The molecule has 19 heavy (non-hydrogen) atoms. The monoisotopic (exact) mass is 272 g/mol. The fourth-order valence-corrected chi connectivity index (χ4v) is 2.33. The van der Waals surface area contributed by atoms with Crippen LogP contribution in [0.2, 0.25) is 0 Å². The molecule has 3 atom stereocenters. The lowest BCUT2D eigenvalue weighted by Gasteiger charge is -2.18. The molecule has 1 fully saturated rings. The third-order valence-corrected chi connectivity index (χ3v) is 3.60. The number of rotatable bonds is 8. The Morgan fingerprint density at radius 2 is 2.00 bits per heavy atom. The van der Waals surface area contributed by atoms with Gasteiger partial charge in [-0.3, -0.25) is 4.79 Å². The van der Waals surface area contributed by atoms with Gasteiger partial charge in [-0.1, -0.05) is 19.8 Å². The Labute approximate surface area is 114 Å². The topological polar surface area (TPSA) is 65.1 Å². The first-order valence-corrected chi connectivity index (χ1v) is 6.94. The molecule has 3 unspecified atom stereocenters. The van der Waals surface area contributed by atoms with Crippen LogP contribution in [0.5, 0.6) is 0 Å². The molecule has 0 aromatic carbocycles. The molecular formula is C14H24O5. The molecule has 0 bridgehead atoms. The summed E-state index contributed by atoms with van der Waals surface area (Å²) >= 11 is 0. The molecule has 5 nitrogen and oxygen atoms in total. The van der Waals surface area contributed by atoms with Gasteiger partial charge in [0.05, 0.1) is 25.7 Å². The lowest BCUT2D eigenvalue weighted by Crippen LogP contribution is -2.34. The molecule has 0 saturated carbocycles. The normalized spacial score (nSPS) is 26.6. The Morgan fingerprint density at radius 1 is 1.37 bits per heavy atom. The van der Waals surface area contributed by atoms with E-state index in [2.05, 4.69) is 6.92 Å². The van der Waals surface area contributed by atoms with Crippen LogP contribution in [0, 0.1) is 5.92 Å². The van der Waals surface area contributed by atoms with E-state index >= 15 is 0 Å². The highest BCUT2D eigenvalue weighted by molar-refractivity contribution is 5.84. The van der Waals surface area contributed by atoms with Crippen molar-refractivity contribution < 1.29 is 23.8 Å². The van der Waals surface area contributed by atoms with Gasteiger partial charge >= 0.3 is 11.9 Å². The molecule has 1 saturated heterocycles. The lowest BCUT2D eigenvalue weighted by atomic mass is 9.88. The zero-order valence-electron chi connectivity index (χ0n) is 12.2. The van der Waals surface area contributed by atoms with Gasteiger partial charge in [0.1, 0.15) is 0 Å². The standard InChI is InChI=1S/C14H24O5/c1-5-7-8-11(12(15)17-4)9-14(10(3)19-14)13(16)18-6-2/h10-11H,5-9H2,1-4H3. The summed E-state index contributed by atoms with van der Waals surface area (Å²) in [7, 11) is 1.37. The number of unbranched alkanes of at least 4 members (excludes halogenated alkanes) is 1. The van der Waals surface area contributed by atoms with E-state index in [1.165, 1.54) is 7.11 Å². The number of carbonyl (C=O) groups excluding carboxylic acids is 2. The van der Waals surface area contributed by atoms with Crippen molar-refractivity contribution in [2.24, 2.45) is 5.92 Å². The lowest BCUT2D eigenvalue weighted by molar-refractivity contribution is -0.152. The van der Waals surface area contributed by atoms with Gasteiger partial charge in [0.15, 0.2) is 5.60 Å². The molecule has 0 N–H and O–H groups in total. The van der Waals surface area contributed by atoms with Gasteiger partial charge in [-0.05, 0) is 20.3 Å². The van der Waals surface area contributed by atoms with Crippen LogP contribution in [0.4, 0.5) is 0 Å². The quantitative estimate of drug-likeness (QED) is 0.500. The highest BCUT2D eigenvalue weighted by Crippen LogP contribution is 2.44. The summed E-state index contributed by atoms with van der Waals surface area (Å²) in [6.07, 6.45) is 2.78. The second kappa shape index (κ2) is 6.89. The van der Waals surface area contributed by atoms with Crippen LogP contribution in [-0.4, -0.2) is 37.4 Å². The van der Waals surface area contributed by atoms with E-state index in [4.69, 9.17) is 14.2 Å². The van der Waals surface area contributed by atoms with Crippen molar-refractivity contribution in [3.63, 3.8) is 0 Å². The molecule has 1 aliphatic heterocycles. The molecule has 0 radical (unpaired) electrons. The Kier molecular flexibility index (Phi) is 5.79. The summed E-state index contributed by atoms with van der Waals surface area (Å²) in [5, 5.41) is 0. The minimum atomic E-state index is -0.942. The molecule has 0 aliphatic carbocycles. The summed E-state index contributed by atoms with van der Waals surface area (Å²) in [5.74, 6) is -0.952. The molecule has 0 aromatic rings. The van der Waals surface area contributed by atoms with Crippen molar-refractivity contribution in [2.75, 3.05) is 13.7 Å². The van der Waals surface area contributed by atoms with Gasteiger partial charge in [0.2, 0.25) is 0 Å². The second-order valence-corrected chi connectivity index (χ2v) is 4.94. The molecule has 1 heterocycles. The Bertz CT molecular complexity index is 328. The van der Waals surface area contributed by atoms with E-state index < -0.39 is 5.60 Å². The van der Waals surface area contributed by atoms with Gasteiger partial charge in [-0.2, -0.15) is 0 Å². The third-order valence-electron chi connectivity index (χ3n) is 3.60. The molecule has 110 valence electrons. The van der Waals surface area contributed by atoms with Crippen molar-refractivity contribution in [1.82, 2.24) is 0 Å². The second-order valence-electron chi connectivity index (χ2n) is 4.94. The number of carbonyl (C=O) groups is 2. The summed E-state index contributed by atoms with van der Waals surface area (Å²) in [6, 6.07) is 0. The zero-order chi connectivity index (χ0) is 14.5. The SMILES string of the molecule is CCCCC(CC1(C(=O)OCC)OC1C)C(=O)OC. The first kappa shape index (κ1) is 16.0. The van der Waals surface area contributed by atoms with Gasteiger partial charge in [-0.15, -0.1) is 0 Å². The fraction of sp³-hybridized carbons (Fsp3) is 0.857. The van der Waals surface area contributed by atoms with Crippen LogP contribution in [0.3, 0.4) is 0 Å². The van der Waals surface area contributed by atoms with Crippen molar-refractivity contribution in [3.8, 4) is 0 Å². The molecule has 0 aromatic heterocycles. The van der Waals surface area contributed by atoms with Crippen LogP contribution in [0.1, 0.15) is 46.5 Å². The molecule has 0 amide bonds. The number of epoxide rings is 1. The van der Waals surface area contributed by atoms with Crippen LogP contribution < -0.4 is 0 Å². The van der Waals surface area contributed by atoms with Gasteiger partial charge in [-0.25, -0.2) is 4.79 Å². The van der Waals surface area contributed by atoms with Gasteiger partial charge < -0.3 is 14.2 Å². The highest BCUT2D eigenvalue weighted by Gasteiger charge is 2.62. The predicted octanol–water partition coefficient (Wildman–Crippen LogP) is 2.08. The zero-order valence-corrected chi connectivity index (χ0v) is 12.2. The van der Waals surface area contributed by atoms with E-state index in [0.29, 0.717) is 19.4 Å². The van der Waals surface area contributed by atoms with E-state index in [-0.39, 0.29) is 24.0 Å². The molecule has 1 rings (SSSR count). The fourth-order valence-electron chi connectivity index (χ4n) is 2.33. The van der Waals surface area contributed by atoms with E-state index in [1.807, 2.05) is 6.92 Å². The smallest absolute Gasteiger partial charge is 0.341 e. The van der Waals surface area contributed by atoms with E-state index in [0.717, 1.165) is 12.8 Å². The van der Waals surface area contributed by atoms with Crippen molar-refractivity contribution in [3.05, 3.63) is 0 Å². The van der Waals surface area contributed by atoms with E-state index in [9.17, 15) is 9.59 Å². The van der Waals surface area contributed by atoms with E-state index in [1.54, 1.807) is 6.92 Å². The van der Waals surface area contributed by atoms with Gasteiger partial charge in [0.25, 0.3) is 0 Å². The van der Waals surface area contributed by atoms with Crippen molar-refractivity contribution in [1.29, 1.82) is 0 Å². The first-order chi connectivity index (χ1) is 9.01. The Balaban J connectivity index is 2.70. The van der Waals surface area contributed by atoms with Crippen LogP contribution in [0.25, 0.3) is 0 Å². The third kappa shape index (κ3) is 3.69. The van der Waals surface area contributed by atoms with Crippen molar-refractivity contribution in [2.45, 2.75) is 58.2 Å². The number of methoxy groups -OCH3 is 1. The van der Waals surface area contributed by atoms with Crippen LogP contribution in [0.15, 0.2) is 0 Å². The number of ether oxygens (including phenoxy) is 3. The summed E-state index contributed by atoms with van der Waals surface area (Å²) in [4.78, 5) is 23.7. The minimum absolute atomic E-state index is 0.194. The number of hydrogen-bond donors (Lipinski definition) is 0. The Hall–Kier alpha value is -1.10. The predicted molar refractivity (Wildman–Crippen MR) is 69.6 cm³/mol. The molecule has 5 heteroatoms. The molecule has 0 spiro atoms. The maximum atomic E-state index is 12.0. The summed E-state index contributed by atoms with van der Waals surface area (Å²) in [6.45, 7) is 5.96. The average molecular weight is 272 g/mol. The minimum Gasteiger partial charge on any atom is -0.469 e. The maximum absolute atomic E-state index is 12.0. The molecule has 1 aliphatic rings. The van der Waals surface area contributed by atoms with Crippen LogP contribution in [-0.2, 0) is 23.8 Å². The summed E-state index contributed by atoms with van der Waals surface area (Å²) in [5.41, 5.74) is -0.942. The van der Waals surface area contributed by atoms with Crippen molar-refractivity contribution >= 4 is 11.9 Å². The average Bonchev–Trinajstić information content (AvgIpc) is 3.05. The number of esters is 2. The van der Waals surface area contributed by atoms with Gasteiger partial charge in [0, 0.05) is 6.42 Å². The van der Waals surface area contributed by atoms with Crippen LogP contribution >= 0.6 is 0 Å². The highest BCUT2D eigenvalue weighted by atomic mass is 16.7. The largest absolute Gasteiger partial charge is 0.469 e. The Morgan fingerprint density at radius 3 is 2.42 bits per heavy atom.